The maximum atomic E-state index is 13.1. The summed E-state index contributed by atoms with van der Waals surface area (Å²) in [6, 6.07) is 6.42. The van der Waals surface area contributed by atoms with Crippen molar-refractivity contribution in [3.8, 4) is 11.3 Å². The zero-order valence-corrected chi connectivity index (χ0v) is 12.8. The topological polar surface area (TPSA) is 62.2 Å². The number of thiazole rings is 1. The molecule has 0 unspecified atom stereocenters. The lowest BCUT2D eigenvalue weighted by atomic mass is 10.1. The maximum Gasteiger partial charge on any atom is 0.308 e. The molecule has 0 aliphatic heterocycles. The molecular weight excluding hydrogens is 303 g/mol. The molecule has 0 bridgehead atoms. The molecule has 2 aromatic rings. The smallest absolute Gasteiger partial charge is 0.308 e. The van der Waals surface area contributed by atoms with Crippen LogP contribution in [0.4, 0.5) is 9.52 Å². The van der Waals surface area contributed by atoms with Gasteiger partial charge in [0, 0.05) is 16.5 Å². The molecule has 1 aliphatic carbocycles. The van der Waals surface area contributed by atoms with Gasteiger partial charge in [-0.25, -0.2) is 9.37 Å². The van der Waals surface area contributed by atoms with Crippen LogP contribution in [0.3, 0.4) is 0 Å². The van der Waals surface area contributed by atoms with Crippen LogP contribution in [0, 0.1) is 5.82 Å². The van der Waals surface area contributed by atoms with Gasteiger partial charge in [-0.1, -0.05) is 12.8 Å². The van der Waals surface area contributed by atoms with E-state index in [-0.39, 0.29) is 12.2 Å². The fourth-order valence-corrected chi connectivity index (χ4v) is 3.80. The van der Waals surface area contributed by atoms with Crippen molar-refractivity contribution < 1.29 is 14.3 Å². The number of rotatable bonds is 5. The number of hydrogen-bond acceptors (Lipinski definition) is 4. The molecule has 0 spiro atoms. The van der Waals surface area contributed by atoms with E-state index in [4.69, 9.17) is 5.11 Å². The molecule has 1 saturated carbocycles. The molecule has 0 atom stereocenters. The van der Waals surface area contributed by atoms with E-state index < -0.39 is 5.97 Å². The molecule has 1 heterocycles. The SMILES string of the molecule is O=C(O)Cc1sc(NC2CCCC2)nc1-c1ccc(F)cc1. The molecular formula is C16H17FN2O2S. The normalized spacial score (nSPS) is 15.1. The third-order valence-corrected chi connectivity index (χ3v) is 4.80. The Morgan fingerprint density at radius 1 is 1.32 bits per heavy atom. The number of nitrogens with one attached hydrogen (secondary N) is 1. The van der Waals surface area contributed by atoms with Gasteiger partial charge in [0.15, 0.2) is 5.13 Å². The second-order valence-corrected chi connectivity index (χ2v) is 6.58. The predicted molar refractivity (Wildman–Crippen MR) is 84.7 cm³/mol. The Morgan fingerprint density at radius 2 is 2.00 bits per heavy atom. The highest BCUT2D eigenvalue weighted by atomic mass is 32.1. The van der Waals surface area contributed by atoms with Gasteiger partial charge < -0.3 is 10.4 Å². The molecule has 22 heavy (non-hydrogen) atoms. The number of halogens is 1. The third-order valence-electron chi connectivity index (χ3n) is 3.81. The highest BCUT2D eigenvalue weighted by Crippen LogP contribution is 2.33. The van der Waals surface area contributed by atoms with Crippen LogP contribution in [-0.4, -0.2) is 22.1 Å². The van der Waals surface area contributed by atoms with Gasteiger partial charge in [0.25, 0.3) is 0 Å². The van der Waals surface area contributed by atoms with Crippen LogP contribution in [0.5, 0.6) is 0 Å². The van der Waals surface area contributed by atoms with Crippen LogP contribution in [-0.2, 0) is 11.2 Å². The van der Waals surface area contributed by atoms with Crippen LogP contribution < -0.4 is 5.32 Å². The minimum Gasteiger partial charge on any atom is -0.481 e. The molecule has 116 valence electrons. The van der Waals surface area contributed by atoms with Gasteiger partial charge in [0.1, 0.15) is 5.82 Å². The summed E-state index contributed by atoms with van der Waals surface area (Å²) in [7, 11) is 0. The Bertz CT molecular complexity index is 663. The van der Waals surface area contributed by atoms with Crippen molar-refractivity contribution in [3.05, 3.63) is 35.0 Å². The molecule has 1 aromatic carbocycles. The minimum absolute atomic E-state index is 0.0727. The van der Waals surface area contributed by atoms with E-state index in [0.29, 0.717) is 16.6 Å². The summed E-state index contributed by atoms with van der Waals surface area (Å²) >= 11 is 1.38. The number of aliphatic carboxylic acids is 1. The molecule has 1 aromatic heterocycles. The molecule has 0 radical (unpaired) electrons. The molecule has 6 heteroatoms. The van der Waals surface area contributed by atoms with Crippen molar-refractivity contribution in [1.82, 2.24) is 4.98 Å². The van der Waals surface area contributed by atoms with E-state index in [1.807, 2.05) is 0 Å². The molecule has 2 N–H and O–H groups in total. The van der Waals surface area contributed by atoms with Gasteiger partial charge in [0.05, 0.1) is 12.1 Å². The average Bonchev–Trinajstić information content (AvgIpc) is 3.10. The number of hydrogen-bond donors (Lipinski definition) is 2. The summed E-state index contributed by atoms with van der Waals surface area (Å²) in [6.45, 7) is 0. The number of carbonyl (C=O) groups is 1. The first-order valence-corrected chi connectivity index (χ1v) is 8.17. The van der Waals surface area contributed by atoms with E-state index in [0.717, 1.165) is 23.5 Å². The van der Waals surface area contributed by atoms with E-state index in [9.17, 15) is 9.18 Å². The standard InChI is InChI=1S/C16H17FN2O2S/c17-11-7-5-10(6-8-11)15-13(9-14(20)21)22-16(19-15)18-12-3-1-2-4-12/h5-8,12H,1-4,9H2,(H,18,19)(H,20,21). The lowest BCUT2D eigenvalue weighted by molar-refractivity contribution is -0.136. The van der Waals surface area contributed by atoms with Crippen LogP contribution in [0.15, 0.2) is 24.3 Å². The van der Waals surface area contributed by atoms with Crippen LogP contribution in [0.25, 0.3) is 11.3 Å². The van der Waals surface area contributed by atoms with Crippen LogP contribution in [0.1, 0.15) is 30.6 Å². The van der Waals surface area contributed by atoms with Gasteiger partial charge in [-0.05, 0) is 37.1 Å². The van der Waals surface area contributed by atoms with Gasteiger partial charge in [-0.15, -0.1) is 11.3 Å². The highest BCUT2D eigenvalue weighted by Gasteiger charge is 2.20. The molecule has 1 fully saturated rings. The van der Waals surface area contributed by atoms with E-state index >= 15 is 0 Å². The van der Waals surface area contributed by atoms with Crippen molar-refractivity contribution >= 4 is 22.4 Å². The number of benzene rings is 1. The van der Waals surface area contributed by atoms with Crippen LogP contribution >= 0.6 is 11.3 Å². The fraction of sp³-hybridized carbons (Fsp3) is 0.375. The number of aromatic nitrogens is 1. The number of carboxylic acids is 1. The minimum atomic E-state index is -0.889. The fourth-order valence-electron chi connectivity index (χ4n) is 2.75. The molecule has 1 aliphatic rings. The van der Waals surface area contributed by atoms with Crippen molar-refractivity contribution in [2.75, 3.05) is 5.32 Å². The first kappa shape index (κ1) is 15.0. The summed E-state index contributed by atoms with van der Waals surface area (Å²) in [4.78, 5) is 16.3. The largest absolute Gasteiger partial charge is 0.481 e. The van der Waals surface area contributed by atoms with E-state index in [2.05, 4.69) is 10.3 Å². The molecule has 3 rings (SSSR count). The van der Waals surface area contributed by atoms with Crippen LogP contribution in [0.2, 0.25) is 0 Å². The van der Waals surface area contributed by atoms with Gasteiger partial charge in [0.2, 0.25) is 0 Å². The average molecular weight is 320 g/mol. The van der Waals surface area contributed by atoms with Crippen molar-refractivity contribution in [2.45, 2.75) is 38.1 Å². The second kappa shape index (κ2) is 6.44. The predicted octanol–water partition coefficient (Wildman–Crippen LogP) is 3.93. The lowest BCUT2D eigenvalue weighted by Gasteiger charge is -2.09. The third kappa shape index (κ3) is 3.44. The monoisotopic (exact) mass is 320 g/mol. The Hall–Kier alpha value is -1.95. The van der Waals surface area contributed by atoms with Gasteiger partial charge >= 0.3 is 5.97 Å². The van der Waals surface area contributed by atoms with E-state index in [1.165, 1.54) is 36.3 Å². The number of nitrogens with zero attached hydrogens (tertiary/aromatic N) is 1. The first-order chi connectivity index (χ1) is 10.6. The highest BCUT2D eigenvalue weighted by molar-refractivity contribution is 7.16. The summed E-state index contributed by atoms with van der Waals surface area (Å²) in [5, 5.41) is 13.2. The van der Waals surface area contributed by atoms with E-state index in [1.54, 1.807) is 12.1 Å². The first-order valence-electron chi connectivity index (χ1n) is 7.36. The summed E-state index contributed by atoms with van der Waals surface area (Å²) in [6.07, 6.45) is 4.61. The summed E-state index contributed by atoms with van der Waals surface area (Å²) in [5.41, 5.74) is 1.38. The Labute approximate surface area is 132 Å². The lowest BCUT2D eigenvalue weighted by Crippen LogP contribution is -2.13. The molecule has 4 nitrogen and oxygen atoms in total. The number of anilines is 1. The van der Waals surface area contributed by atoms with Gasteiger partial charge in [-0.3, -0.25) is 4.79 Å². The zero-order valence-electron chi connectivity index (χ0n) is 12.0. The summed E-state index contributed by atoms with van der Waals surface area (Å²) in [5.74, 6) is -1.21. The second-order valence-electron chi connectivity index (χ2n) is 5.49. The van der Waals surface area contributed by atoms with Crippen molar-refractivity contribution in [3.63, 3.8) is 0 Å². The van der Waals surface area contributed by atoms with Crippen molar-refractivity contribution in [2.24, 2.45) is 0 Å². The van der Waals surface area contributed by atoms with Gasteiger partial charge in [-0.2, -0.15) is 0 Å². The van der Waals surface area contributed by atoms with Crippen molar-refractivity contribution in [1.29, 1.82) is 0 Å². The Morgan fingerprint density at radius 3 is 2.64 bits per heavy atom. The quantitative estimate of drug-likeness (QED) is 0.876. The Kier molecular flexibility index (Phi) is 4.38. The summed E-state index contributed by atoms with van der Waals surface area (Å²) < 4.78 is 13.1. The molecule has 0 amide bonds. The number of carboxylic acid groups (broad SMARTS) is 1. The zero-order chi connectivity index (χ0) is 15.5. The Balaban J connectivity index is 1.89. The molecule has 0 saturated heterocycles. The maximum absolute atomic E-state index is 13.1.